The van der Waals surface area contributed by atoms with Gasteiger partial charge in [0.25, 0.3) is 0 Å². The molecular weight excluding hydrogens is 236 g/mol. The Labute approximate surface area is 106 Å². The number of benzene rings is 1. The Morgan fingerprint density at radius 3 is 3.18 bits per heavy atom. The van der Waals surface area contributed by atoms with Crippen molar-refractivity contribution in [2.24, 2.45) is 5.92 Å². The second-order valence-corrected chi connectivity index (χ2v) is 5.40. The molecular formula is C14H15ClO2. The molecule has 0 aromatic heterocycles. The van der Waals surface area contributed by atoms with Gasteiger partial charge in [0.05, 0.1) is 12.5 Å². The molecule has 0 aliphatic heterocycles. The van der Waals surface area contributed by atoms with Crippen LogP contribution in [0.5, 0.6) is 0 Å². The van der Waals surface area contributed by atoms with E-state index in [0.29, 0.717) is 6.61 Å². The summed E-state index contributed by atoms with van der Waals surface area (Å²) in [4.78, 5) is 11.8. The van der Waals surface area contributed by atoms with E-state index >= 15 is 0 Å². The number of hydrogen-bond donors (Lipinski definition) is 0. The summed E-state index contributed by atoms with van der Waals surface area (Å²) in [5.74, 6) is 0.0162. The predicted molar refractivity (Wildman–Crippen MR) is 66.2 cm³/mol. The predicted octanol–water partition coefficient (Wildman–Crippen LogP) is 3.11. The van der Waals surface area contributed by atoms with Gasteiger partial charge in [-0.2, -0.15) is 0 Å². The van der Waals surface area contributed by atoms with E-state index < -0.39 is 0 Å². The molecule has 3 heteroatoms. The molecule has 0 heterocycles. The Morgan fingerprint density at radius 1 is 1.59 bits per heavy atom. The van der Waals surface area contributed by atoms with E-state index in [9.17, 15) is 4.79 Å². The van der Waals surface area contributed by atoms with Gasteiger partial charge in [0.15, 0.2) is 0 Å². The van der Waals surface area contributed by atoms with Crippen molar-refractivity contribution >= 4 is 17.6 Å². The lowest BCUT2D eigenvalue weighted by atomic mass is 9.95. The number of carbonyl (C=O) groups is 1. The quantitative estimate of drug-likeness (QED) is 0.754. The molecule has 1 spiro atoms. The van der Waals surface area contributed by atoms with Crippen molar-refractivity contribution in [3.63, 3.8) is 0 Å². The highest BCUT2D eigenvalue weighted by atomic mass is 35.5. The number of rotatable bonds is 2. The van der Waals surface area contributed by atoms with Crippen molar-refractivity contribution in [3.8, 4) is 0 Å². The summed E-state index contributed by atoms with van der Waals surface area (Å²) in [6, 6.07) is 6.05. The number of halogens is 1. The number of carbonyl (C=O) groups excluding carboxylic acids is 1. The zero-order valence-electron chi connectivity index (χ0n) is 9.83. The van der Waals surface area contributed by atoms with Crippen LogP contribution in [0.15, 0.2) is 18.2 Å². The molecule has 2 aliphatic rings. The highest BCUT2D eigenvalue weighted by molar-refractivity contribution is 6.30. The summed E-state index contributed by atoms with van der Waals surface area (Å²) >= 11 is 6.05. The van der Waals surface area contributed by atoms with E-state index in [4.69, 9.17) is 16.3 Å². The first-order valence-electron chi connectivity index (χ1n) is 6.13. The maximum absolute atomic E-state index is 11.8. The number of hydrogen-bond acceptors (Lipinski definition) is 2. The minimum absolute atomic E-state index is 0.0414. The first kappa shape index (κ1) is 11.1. The molecule has 17 heavy (non-hydrogen) atoms. The van der Waals surface area contributed by atoms with Crippen LogP contribution >= 0.6 is 11.6 Å². The van der Waals surface area contributed by atoms with Crippen molar-refractivity contribution in [3.05, 3.63) is 34.3 Å². The Kier molecular flexibility index (Phi) is 2.44. The third kappa shape index (κ3) is 1.58. The Bertz CT molecular complexity index is 483. The average Bonchev–Trinajstić information content (AvgIpc) is 2.93. The fraction of sp³-hybridized carbons (Fsp3) is 0.500. The number of esters is 1. The molecule has 0 unspecified atom stereocenters. The lowest BCUT2D eigenvalue weighted by Gasteiger charge is -2.11. The lowest BCUT2D eigenvalue weighted by molar-refractivity contribution is -0.145. The zero-order valence-corrected chi connectivity index (χ0v) is 10.6. The summed E-state index contributed by atoms with van der Waals surface area (Å²) in [6.07, 6.45) is 3.05. The summed E-state index contributed by atoms with van der Waals surface area (Å²) in [5, 5.41) is 0.763. The van der Waals surface area contributed by atoms with Crippen LogP contribution in [0.1, 0.15) is 30.9 Å². The van der Waals surface area contributed by atoms with Crippen molar-refractivity contribution in [2.45, 2.75) is 31.6 Å². The van der Waals surface area contributed by atoms with Gasteiger partial charge in [-0.05, 0) is 49.4 Å². The van der Waals surface area contributed by atoms with Crippen LogP contribution < -0.4 is 0 Å². The fourth-order valence-corrected chi connectivity index (χ4v) is 3.33. The second-order valence-electron chi connectivity index (χ2n) is 4.97. The molecule has 2 nitrogen and oxygen atoms in total. The largest absolute Gasteiger partial charge is 0.466 e. The van der Waals surface area contributed by atoms with Gasteiger partial charge in [-0.1, -0.05) is 17.7 Å². The van der Waals surface area contributed by atoms with Gasteiger partial charge in [-0.25, -0.2) is 0 Å². The van der Waals surface area contributed by atoms with E-state index in [1.54, 1.807) is 0 Å². The fourth-order valence-electron chi connectivity index (χ4n) is 3.15. The second kappa shape index (κ2) is 3.74. The van der Waals surface area contributed by atoms with Gasteiger partial charge in [0.1, 0.15) is 0 Å². The summed E-state index contributed by atoms with van der Waals surface area (Å²) < 4.78 is 5.13. The van der Waals surface area contributed by atoms with Crippen LogP contribution in [-0.4, -0.2) is 12.6 Å². The lowest BCUT2D eigenvalue weighted by Crippen LogP contribution is -2.15. The number of aryl methyl sites for hydroxylation is 1. The first-order chi connectivity index (χ1) is 8.17. The van der Waals surface area contributed by atoms with Gasteiger partial charge in [0.2, 0.25) is 0 Å². The number of ether oxygens (including phenoxy) is 1. The monoisotopic (exact) mass is 250 g/mol. The van der Waals surface area contributed by atoms with Crippen molar-refractivity contribution < 1.29 is 9.53 Å². The van der Waals surface area contributed by atoms with Crippen LogP contribution in [0.3, 0.4) is 0 Å². The van der Waals surface area contributed by atoms with Gasteiger partial charge in [0, 0.05) is 10.4 Å². The minimum atomic E-state index is -0.0414. The highest BCUT2D eigenvalue weighted by Crippen LogP contribution is 2.62. The van der Waals surface area contributed by atoms with Crippen molar-refractivity contribution in [1.29, 1.82) is 0 Å². The van der Waals surface area contributed by atoms with Crippen LogP contribution in [0.4, 0.5) is 0 Å². The molecule has 2 aliphatic carbocycles. The molecule has 0 radical (unpaired) electrons. The van der Waals surface area contributed by atoms with Crippen LogP contribution in [0.25, 0.3) is 0 Å². The summed E-state index contributed by atoms with van der Waals surface area (Å²) in [6.45, 7) is 2.32. The van der Waals surface area contributed by atoms with E-state index in [1.807, 2.05) is 19.1 Å². The molecule has 90 valence electrons. The molecule has 3 rings (SSSR count). The SMILES string of the molecule is CCOC(=O)[C@H]1C[C@@]12CCc1ccc(Cl)cc12. The van der Waals surface area contributed by atoms with Crippen LogP contribution in [-0.2, 0) is 21.4 Å². The Balaban J connectivity index is 1.90. The molecule has 1 aromatic rings. The summed E-state index contributed by atoms with van der Waals surface area (Å²) in [7, 11) is 0. The third-order valence-electron chi connectivity index (χ3n) is 4.10. The first-order valence-corrected chi connectivity index (χ1v) is 6.51. The van der Waals surface area contributed by atoms with Crippen LogP contribution in [0.2, 0.25) is 5.02 Å². The maximum atomic E-state index is 11.8. The molecule has 0 bridgehead atoms. The zero-order chi connectivity index (χ0) is 12.0. The standard InChI is InChI=1S/C14H15ClO2/c1-2-17-13(16)12-8-14(12)6-5-9-3-4-10(15)7-11(9)14/h3-4,7,12H,2,5-6,8H2,1H3/t12-,14-/m1/s1. The number of fused-ring (bicyclic) bond motifs is 2. The molecule has 2 atom stereocenters. The van der Waals surface area contributed by atoms with Gasteiger partial charge < -0.3 is 4.74 Å². The van der Waals surface area contributed by atoms with Crippen molar-refractivity contribution in [2.75, 3.05) is 6.61 Å². The van der Waals surface area contributed by atoms with Gasteiger partial charge in [-0.15, -0.1) is 0 Å². The molecule has 1 fully saturated rings. The molecule has 0 saturated heterocycles. The minimum Gasteiger partial charge on any atom is -0.466 e. The van der Waals surface area contributed by atoms with Gasteiger partial charge in [-0.3, -0.25) is 4.79 Å². The average molecular weight is 251 g/mol. The topological polar surface area (TPSA) is 26.3 Å². The normalized spacial score (nSPS) is 29.2. The molecule has 1 aromatic carbocycles. The van der Waals surface area contributed by atoms with Gasteiger partial charge >= 0.3 is 5.97 Å². The summed E-state index contributed by atoms with van der Waals surface area (Å²) in [5.41, 5.74) is 2.68. The molecule has 0 amide bonds. The third-order valence-corrected chi connectivity index (χ3v) is 4.33. The smallest absolute Gasteiger partial charge is 0.309 e. The van der Waals surface area contributed by atoms with E-state index in [-0.39, 0.29) is 17.3 Å². The molecule has 1 saturated carbocycles. The van der Waals surface area contributed by atoms with E-state index in [0.717, 1.165) is 24.3 Å². The maximum Gasteiger partial charge on any atom is 0.309 e. The van der Waals surface area contributed by atoms with E-state index in [2.05, 4.69) is 6.07 Å². The Hall–Kier alpha value is -1.02. The highest BCUT2D eigenvalue weighted by Gasteiger charge is 2.62. The molecule has 0 N–H and O–H groups in total. The Morgan fingerprint density at radius 2 is 2.41 bits per heavy atom. The van der Waals surface area contributed by atoms with Crippen LogP contribution in [0, 0.1) is 5.92 Å². The van der Waals surface area contributed by atoms with E-state index in [1.165, 1.54) is 11.1 Å². The van der Waals surface area contributed by atoms with Crippen molar-refractivity contribution in [1.82, 2.24) is 0 Å².